The maximum Gasteiger partial charge on any atom is 0.123 e. The number of halogens is 1. The molecule has 5 nitrogen and oxygen atoms in total. The van der Waals surface area contributed by atoms with Crippen LogP contribution in [-0.4, -0.2) is 9.97 Å². The second-order valence-electron chi connectivity index (χ2n) is 4.70. The van der Waals surface area contributed by atoms with Gasteiger partial charge in [-0.05, 0) is 66.9 Å². The van der Waals surface area contributed by atoms with Crippen molar-refractivity contribution in [1.29, 1.82) is 5.26 Å². The van der Waals surface area contributed by atoms with Crippen LogP contribution < -0.4 is 11.5 Å². The second kappa shape index (κ2) is 7.04. The van der Waals surface area contributed by atoms with Crippen LogP contribution >= 0.6 is 15.9 Å². The van der Waals surface area contributed by atoms with E-state index in [0.717, 1.165) is 21.3 Å². The van der Waals surface area contributed by atoms with Gasteiger partial charge in [0.25, 0.3) is 0 Å². The van der Waals surface area contributed by atoms with Crippen molar-refractivity contribution in [3.63, 3.8) is 0 Å². The van der Waals surface area contributed by atoms with E-state index in [-0.39, 0.29) is 0 Å². The molecule has 0 radical (unpaired) electrons. The van der Waals surface area contributed by atoms with E-state index >= 15 is 0 Å². The number of nitrogen functional groups attached to an aromatic ring is 2. The highest BCUT2D eigenvalue weighted by Crippen LogP contribution is 2.20. The first-order valence-corrected chi connectivity index (χ1v) is 7.08. The zero-order valence-corrected chi connectivity index (χ0v) is 14.1. The Morgan fingerprint density at radius 1 is 0.952 bits per heavy atom. The number of anilines is 2. The third-order valence-corrected chi connectivity index (χ3v) is 4.05. The summed E-state index contributed by atoms with van der Waals surface area (Å²) in [4.78, 5) is 8.03. The molecule has 0 bridgehead atoms. The van der Waals surface area contributed by atoms with E-state index in [1.165, 1.54) is 0 Å². The molecule has 2 aromatic rings. The molecule has 0 saturated heterocycles. The summed E-state index contributed by atoms with van der Waals surface area (Å²) >= 11 is 3.40. The normalized spacial score (nSPS) is 9.52. The van der Waals surface area contributed by atoms with Gasteiger partial charge in [0.05, 0.1) is 17.0 Å². The first-order chi connectivity index (χ1) is 9.76. The summed E-state index contributed by atoms with van der Waals surface area (Å²) in [6.07, 6.45) is 0. The fourth-order valence-corrected chi connectivity index (χ4v) is 2.08. The molecule has 0 fully saturated rings. The highest BCUT2D eigenvalue weighted by atomic mass is 79.9. The van der Waals surface area contributed by atoms with Gasteiger partial charge >= 0.3 is 0 Å². The van der Waals surface area contributed by atoms with Gasteiger partial charge in [0.15, 0.2) is 0 Å². The van der Waals surface area contributed by atoms with Gasteiger partial charge in [-0.25, -0.2) is 9.97 Å². The number of rotatable bonds is 0. The molecule has 0 unspecified atom stereocenters. The van der Waals surface area contributed by atoms with E-state index < -0.39 is 0 Å². The molecule has 0 amide bonds. The lowest BCUT2D eigenvalue weighted by molar-refractivity contribution is 1.16. The predicted octanol–water partition coefficient (Wildman–Crippen LogP) is 3.20. The highest BCUT2D eigenvalue weighted by molar-refractivity contribution is 9.10. The van der Waals surface area contributed by atoms with Gasteiger partial charge in [-0.2, -0.15) is 5.26 Å². The van der Waals surface area contributed by atoms with Crippen LogP contribution in [0.1, 0.15) is 28.1 Å². The van der Waals surface area contributed by atoms with Gasteiger partial charge in [0.1, 0.15) is 17.7 Å². The van der Waals surface area contributed by atoms with Gasteiger partial charge < -0.3 is 11.5 Å². The van der Waals surface area contributed by atoms with Crippen LogP contribution in [0.25, 0.3) is 0 Å². The number of pyridine rings is 2. The Balaban J connectivity index is 0.000000211. The zero-order valence-electron chi connectivity index (χ0n) is 12.5. The first kappa shape index (κ1) is 16.9. The van der Waals surface area contributed by atoms with Crippen molar-refractivity contribution in [2.75, 3.05) is 11.5 Å². The van der Waals surface area contributed by atoms with Crippen molar-refractivity contribution in [3.8, 4) is 6.07 Å². The van der Waals surface area contributed by atoms with Gasteiger partial charge in [0, 0.05) is 4.47 Å². The number of nitrogens with two attached hydrogens (primary N) is 2. The van der Waals surface area contributed by atoms with Gasteiger partial charge in [-0.1, -0.05) is 0 Å². The molecule has 21 heavy (non-hydrogen) atoms. The third kappa shape index (κ3) is 4.43. The maximum atomic E-state index is 8.66. The maximum absolute atomic E-state index is 8.66. The molecule has 0 aliphatic carbocycles. The molecule has 110 valence electrons. The van der Waals surface area contributed by atoms with E-state index in [1.807, 2.05) is 26.8 Å². The summed E-state index contributed by atoms with van der Waals surface area (Å²) in [5, 5.41) is 8.66. The molecule has 0 aromatic carbocycles. The fraction of sp³-hybridized carbons (Fsp3) is 0.267. The zero-order chi connectivity index (χ0) is 16.2. The Bertz CT molecular complexity index is 658. The van der Waals surface area contributed by atoms with E-state index in [0.29, 0.717) is 22.9 Å². The number of hydrogen-bond donors (Lipinski definition) is 2. The summed E-state index contributed by atoms with van der Waals surface area (Å²) in [6, 6.07) is 5.62. The summed E-state index contributed by atoms with van der Waals surface area (Å²) in [6.45, 7) is 7.55. The smallest absolute Gasteiger partial charge is 0.123 e. The Morgan fingerprint density at radius 3 is 1.86 bits per heavy atom. The lowest BCUT2D eigenvalue weighted by Gasteiger charge is -2.01. The van der Waals surface area contributed by atoms with Crippen LogP contribution in [-0.2, 0) is 0 Å². The highest BCUT2D eigenvalue weighted by Gasteiger charge is 2.02. The quantitative estimate of drug-likeness (QED) is 0.761. The van der Waals surface area contributed by atoms with Gasteiger partial charge in [0.2, 0.25) is 0 Å². The summed E-state index contributed by atoms with van der Waals surface area (Å²) < 4.78 is 1.04. The first-order valence-electron chi connectivity index (χ1n) is 6.29. The van der Waals surface area contributed by atoms with Crippen molar-refractivity contribution >= 4 is 27.6 Å². The van der Waals surface area contributed by atoms with Crippen molar-refractivity contribution in [3.05, 3.63) is 44.7 Å². The van der Waals surface area contributed by atoms with Gasteiger partial charge in [-0.3, -0.25) is 0 Å². The third-order valence-electron chi connectivity index (χ3n) is 2.85. The lowest BCUT2D eigenvalue weighted by Crippen LogP contribution is -1.97. The molecule has 0 aliphatic rings. The number of aromatic nitrogens is 2. The number of aryl methyl sites for hydroxylation is 4. The van der Waals surface area contributed by atoms with Crippen LogP contribution in [0, 0.1) is 39.0 Å². The molecular weight excluding hydrogens is 330 g/mol. The number of nitrogens with zero attached hydrogens (tertiary/aromatic N) is 3. The van der Waals surface area contributed by atoms with Crippen LogP contribution in [0.3, 0.4) is 0 Å². The van der Waals surface area contributed by atoms with Crippen LogP contribution in [0.4, 0.5) is 11.6 Å². The molecule has 0 spiro atoms. The van der Waals surface area contributed by atoms with Crippen molar-refractivity contribution in [1.82, 2.24) is 9.97 Å². The lowest BCUT2D eigenvalue weighted by atomic mass is 10.1. The second-order valence-corrected chi connectivity index (χ2v) is 5.49. The van der Waals surface area contributed by atoms with Crippen LogP contribution in [0.15, 0.2) is 16.6 Å². The Labute approximate surface area is 133 Å². The minimum atomic E-state index is 0.471. The molecule has 4 N–H and O–H groups in total. The average Bonchev–Trinajstić information content (AvgIpc) is 2.36. The monoisotopic (exact) mass is 347 g/mol. The Morgan fingerprint density at radius 2 is 1.43 bits per heavy atom. The molecule has 2 aromatic heterocycles. The molecular formula is C15H18BrN5. The fourth-order valence-electron chi connectivity index (χ4n) is 1.88. The minimum Gasteiger partial charge on any atom is -0.384 e. The molecule has 2 heterocycles. The summed E-state index contributed by atoms with van der Waals surface area (Å²) in [5.41, 5.74) is 15.2. The molecule has 0 atom stereocenters. The molecule has 0 saturated carbocycles. The van der Waals surface area contributed by atoms with E-state index in [9.17, 15) is 0 Å². The van der Waals surface area contributed by atoms with E-state index in [4.69, 9.17) is 16.7 Å². The standard InChI is InChI=1S/C8H9N3.C7H9BrN2/c1-5-3-8(10)11-6(2)7(5)4-9;1-4-3-6(9)10-5(2)7(4)8/h3H,1-2H3,(H2,10,11);3H,1-2H3,(H2,9,10). The number of hydrogen-bond acceptors (Lipinski definition) is 5. The average molecular weight is 348 g/mol. The summed E-state index contributed by atoms with van der Waals surface area (Å²) in [5.74, 6) is 1.05. The van der Waals surface area contributed by atoms with Crippen LogP contribution in [0.2, 0.25) is 0 Å². The predicted molar refractivity (Wildman–Crippen MR) is 88.7 cm³/mol. The summed E-state index contributed by atoms with van der Waals surface area (Å²) in [7, 11) is 0. The van der Waals surface area contributed by atoms with Gasteiger partial charge in [-0.15, -0.1) is 0 Å². The molecule has 2 rings (SSSR count). The van der Waals surface area contributed by atoms with Crippen LogP contribution in [0.5, 0.6) is 0 Å². The topological polar surface area (TPSA) is 102 Å². The Hall–Kier alpha value is -2.13. The molecule has 0 aliphatic heterocycles. The minimum absolute atomic E-state index is 0.471. The Kier molecular flexibility index (Phi) is 5.68. The van der Waals surface area contributed by atoms with E-state index in [1.54, 1.807) is 13.0 Å². The van der Waals surface area contributed by atoms with Crippen molar-refractivity contribution < 1.29 is 0 Å². The van der Waals surface area contributed by atoms with E-state index in [2.05, 4.69) is 32.0 Å². The van der Waals surface area contributed by atoms with Crippen molar-refractivity contribution in [2.24, 2.45) is 0 Å². The number of nitriles is 1. The SMILES string of the molecule is Cc1cc(N)nc(C)c1Br.Cc1cc(N)nc(C)c1C#N. The van der Waals surface area contributed by atoms with Crippen molar-refractivity contribution in [2.45, 2.75) is 27.7 Å². The largest absolute Gasteiger partial charge is 0.384 e. The molecule has 6 heteroatoms.